The molecular formula is C34H46FN5O5S. The van der Waals surface area contributed by atoms with Gasteiger partial charge in [0.25, 0.3) is 5.91 Å². The highest BCUT2D eigenvalue weighted by Crippen LogP contribution is 2.49. The first-order valence-corrected chi connectivity index (χ1v) is 17.3. The van der Waals surface area contributed by atoms with Crippen LogP contribution in [-0.4, -0.2) is 82.3 Å². The van der Waals surface area contributed by atoms with Crippen molar-refractivity contribution in [1.29, 1.82) is 0 Å². The summed E-state index contributed by atoms with van der Waals surface area (Å²) in [6.07, 6.45) is 3.88. The van der Waals surface area contributed by atoms with Gasteiger partial charge in [-0.2, -0.15) is 0 Å². The van der Waals surface area contributed by atoms with Crippen molar-refractivity contribution in [2.75, 3.05) is 19.6 Å². The minimum atomic E-state index is -1.94. The van der Waals surface area contributed by atoms with Gasteiger partial charge < -0.3 is 30.7 Å². The zero-order chi connectivity index (χ0) is 32.9. The molecule has 3 heterocycles. The fourth-order valence-corrected chi connectivity index (χ4v) is 7.89. The van der Waals surface area contributed by atoms with E-state index in [9.17, 15) is 23.9 Å². The Morgan fingerprint density at radius 2 is 1.91 bits per heavy atom. The highest BCUT2D eigenvalue weighted by atomic mass is 32.1. The third-order valence-corrected chi connectivity index (χ3v) is 11.1. The Balaban J connectivity index is 1.16. The number of carbonyl (C=O) groups is 3. The molecule has 46 heavy (non-hydrogen) atoms. The number of alkyl halides is 1. The molecule has 2 aliphatic carbocycles. The predicted octanol–water partition coefficient (Wildman–Crippen LogP) is 3.64. The van der Waals surface area contributed by atoms with E-state index in [1.54, 1.807) is 32.1 Å². The van der Waals surface area contributed by atoms with E-state index in [2.05, 4.69) is 20.9 Å². The standard InChI is InChI=1S/C34H46FN5O5S/c1-20-27(46-19-38-20)21-5-6-22(26(13-21)45-24-15-33(16-24)9-11-36-12-10-33)17-37-29(42)25-14-23(41)18-40(25)30(43)28(32(2,3)4)39-31(44)34(35)7-8-34/h5-6,13,19,23-25,28,36,41H,7-12,14-18H2,1-4H3,(H,37,42)(H,39,44)/t23-,25+,28-/m1/s1. The number of amides is 3. The predicted molar refractivity (Wildman–Crippen MR) is 173 cm³/mol. The van der Waals surface area contributed by atoms with Crippen LogP contribution in [-0.2, 0) is 20.9 Å². The number of rotatable bonds is 9. The van der Waals surface area contributed by atoms with E-state index in [1.165, 1.54) is 4.90 Å². The lowest BCUT2D eigenvalue weighted by molar-refractivity contribution is -0.145. The minimum absolute atomic E-state index is 0.0453. The number of nitrogens with one attached hydrogen (secondary N) is 3. The molecule has 2 saturated carbocycles. The smallest absolute Gasteiger partial charge is 0.258 e. The highest BCUT2D eigenvalue weighted by molar-refractivity contribution is 7.13. The molecule has 4 N–H and O–H groups in total. The van der Waals surface area contributed by atoms with E-state index < -0.39 is 47.0 Å². The van der Waals surface area contributed by atoms with E-state index in [1.807, 2.05) is 30.6 Å². The molecule has 12 heteroatoms. The quantitative estimate of drug-likeness (QED) is 0.324. The number of aliphatic hydroxyl groups is 1. The largest absolute Gasteiger partial charge is 0.490 e. The maximum Gasteiger partial charge on any atom is 0.258 e. The van der Waals surface area contributed by atoms with Crippen LogP contribution >= 0.6 is 11.3 Å². The number of piperidine rings is 1. The number of nitrogens with zero attached hydrogens (tertiary/aromatic N) is 2. The second-order valence-corrected chi connectivity index (χ2v) is 15.7. The van der Waals surface area contributed by atoms with Gasteiger partial charge in [-0.25, -0.2) is 9.37 Å². The number of β-amino-alcohol motifs (C(OH)–C–C–N with tert-alkyl or cyclic N) is 1. The zero-order valence-electron chi connectivity index (χ0n) is 27.2. The van der Waals surface area contributed by atoms with Gasteiger partial charge in [-0.05, 0) is 81.0 Å². The number of aryl methyl sites for hydroxylation is 1. The number of thiazole rings is 1. The fraction of sp³-hybridized carbons (Fsp3) is 0.647. The van der Waals surface area contributed by atoms with Gasteiger partial charge in [0.2, 0.25) is 11.8 Å². The molecule has 10 nitrogen and oxygen atoms in total. The Bertz CT molecular complexity index is 1470. The van der Waals surface area contributed by atoms with Gasteiger partial charge in [-0.15, -0.1) is 11.3 Å². The molecule has 1 spiro atoms. The Morgan fingerprint density at radius 1 is 1.20 bits per heavy atom. The van der Waals surface area contributed by atoms with E-state index in [0.29, 0.717) is 5.41 Å². The Labute approximate surface area is 273 Å². The highest BCUT2D eigenvalue weighted by Gasteiger charge is 2.53. The van der Waals surface area contributed by atoms with Crippen LogP contribution in [0.25, 0.3) is 10.4 Å². The van der Waals surface area contributed by atoms with Crippen LogP contribution < -0.4 is 20.7 Å². The zero-order valence-corrected chi connectivity index (χ0v) is 28.0. The summed E-state index contributed by atoms with van der Waals surface area (Å²) in [5, 5.41) is 19.6. The lowest BCUT2D eigenvalue weighted by atomic mass is 9.62. The fourth-order valence-electron chi connectivity index (χ4n) is 7.08. The number of halogens is 1. The first-order chi connectivity index (χ1) is 21.8. The van der Waals surface area contributed by atoms with Crippen molar-refractivity contribution in [3.05, 3.63) is 35.0 Å². The van der Waals surface area contributed by atoms with Gasteiger partial charge in [-0.1, -0.05) is 32.9 Å². The molecule has 0 radical (unpaired) electrons. The van der Waals surface area contributed by atoms with Gasteiger partial charge in [0.1, 0.15) is 17.8 Å². The van der Waals surface area contributed by atoms with Crippen molar-refractivity contribution in [3.63, 3.8) is 0 Å². The van der Waals surface area contributed by atoms with Crippen molar-refractivity contribution in [1.82, 2.24) is 25.8 Å². The second kappa shape index (κ2) is 12.5. The van der Waals surface area contributed by atoms with Crippen LogP contribution in [0.4, 0.5) is 4.39 Å². The second-order valence-electron chi connectivity index (χ2n) is 14.8. The van der Waals surface area contributed by atoms with Crippen molar-refractivity contribution >= 4 is 29.1 Å². The summed E-state index contributed by atoms with van der Waals surface area (Å²) >= 11 is 1.57. The van der Waals surface area contributed by atoms with Gasteiger partial charge in [-0.3, -0.25) is 14.4 Å². The number of benzene rings is 1. The van der Waals surface area contributed by atoms with Gasteiger partial charge in [0.15, 0.2) is 5.67 Å². The molecule has 2 aliphatic heterocycles. The maximum atomic E-state index is 14.5. The third-order valence-electron chi connectivity index (χ3n) is 10.2. The van der Waals surface area contributed by atoms with Crippen LogP contribution in [0, 0.1) is 17.8 Å². The van der Waals surface area contributed by atoms with Crippen LogP contribution in [0.5, 0.6) is 5.75 Å². The van der Waals surface area contributed by atoms with Gasteiger partial charge >= 0.3 is 0 Å². The molecule has 2 aromatic rings. The molecule has 0 bridgehead atoms. The number of carbonyl (C=O) groups excluding carboxylic acids is 3. The van der Waals surface area contributed by atoms with Gasteiger partial charge in [0.05, 0.1) is 28.3 Å². The van der Waals surface area contributed by atoms with E-state index in [-0.39, 0.29) is 38.5 Å². The third kappa shape index (κ3) is 6.80. The minimum Gasteiger partial charge on any atom is -0.490 e. The summed E-state index contributed by atoms with van der Waals surface area (Å²) in [5.41, 5.74) is 2.27. The molecule has 3 amide bonds. The van der Waals surface area contributed by atoms with Crippen LogP contribution in [0.1, 0.15) is 77.0 Å². The number of aliphatic hydroxyl groups excluding tert-OH is 1. The van der Waals surface area contributed by atoms with Crippen LogP contribution in [0.3, 0.4) is 0 Å². The summed E-state index contributed by atoms with van der Waals surface area (Å²) in [4.78, 5) is 46.8. The first-order valence-electron chi connectivity index (χ1n) is 16.4. The molecule has 4 fully saturated rings. The molecule has 6 rings (SSSR count). The lowest BCUT2D eigenvalue weighted by Gasteiger charge is -2.50. The normalized spacial score (nSPS) is 24.3. The number of hydrogen-bond acceptors (Lipinski definition) is 8. The van der Waals surface area contributed by atoms with E-state index in [0.717, 1.165) is 66.2 Å². The topological polar surface area (TPSA) is 133 Å². The number of likely N-dealkylation sites (tertiary alicyclic amines) is 1. The summed E-state index contributed by atoms with van der Waals surface area (Å²) in [7, 11) is 0. The summed E-state index contributed by atoms with van der Waals surface area (Å²) in [5.74, 6) is -0.997. The van der Waals surface area contributed by atoms with Crippen LogP contribution in [0.15, 0.2) is 23.7 Å². The average molecular weight is 656 g/mol. The summed E-state index contributed by atoms with van der Waals surface area (Å²) in [6, 6.07) is 4.01. The molecule has 1 aromatic heterocycles. The van der Waals surface area contributed by atoms with Crippen molar-refractivity contribution in [2.24, 2.45) is 10.8 Å². The molecule has 3 atom stereocenters. The molecule has 4 aliphatic rings. The van der Waals surface area contributed by atoms with Gasteiger partial charge in [0, 0.05) is 25.1 Å². The Hall–Kier alpha value is -3.09. The first kappa shape index (κ1) is 32.8. The average Bonchev–Trinajstić information content (AvgIpc) is 3.41. The van der Waals surface area contributed by atoms with Crippen LogP contribution in [0.2, 0.25) is 0 Å². The van der Waals surface area contributed by atoms with E-state index in [4.69, 9.17) is 4.74 Å². The number of ether oxygens (including phenoxy) is 1. The summed E-state index contributed by atoms with van der Waals surface area (Å²) < 4.78 is 21.1. The monoisotopic (exact) mass is 655 g/mol. The van der Waals surface area contributed by atoms with Crippen molar-refractivity contribution < 1.29 is 28.6 Å². The number of hydrogen-bond donors (Lipinski definition) is 4. The molecule has 2 saturated heterocycles. The number of aromatic nitrogens is 1. The molecule has 1 aromatic carbocycles. The molecule has 0 unspecified atom stereocenters. The Kier molecular flexibility index (Phi) is 8.92. The van der Waals surface area contributed by atoms with Crippen molar-refractivity contribution in [2.45, 2.75) is 109 Å². The lowest BCUT2D eigenvalue weighted by Crippen LogP contribution is -2.59. The SMILES string of the molecule is Cc1ncsc1-c1ccc(CNC(=O)[C@@H]2C[C@@H](O)CN2C(=O)[C@@H](NC(=O)C2(F)CC2)C(C)(C)C)c(OC2CC3(CCNCC3)C2)c1. The van der Waals surface area contributed by atoms with E-state index >= 15 is 0 Å². The van der Waals surface area contributed by atoms with Crippen molar-refractivity contribution in [3.8, 4) is 16.2 Å². The Morgan fingerprint density at radius 3 is 2.54 bits per heavy atom. The molecule has 250 valence electrons. The molecular weight excluding hydrogens is 609 g/mol. The maximum absolute atomic E-state index is 14.5. The summed E-state index contributed by atoms with van der Waals surface area (Å²) in [6.45, 7) is 9.54.